The third kappa shape index (κ3) is 4.66. The van der Waals surface area contributed by atoms with E-state index in [1.807, 2.05) is 49.4 Å². The maximum absolute atomic E-state index is 12.2. The van der Waals surface area contributed by atoms with E-state index in [0.717, 1.165) is 11.1 Å². The van der Waals surface area contributed by atoms with E-state index in [0.29, 0.717) is 18.1 Å². The molecule has 26 heavy (non-hydrogen) atoms. The fourth-order valence-electron chi connectivity index (χ4n) is 2.56. The fourth-order valence-corrected chi connectivity index (χ4v) is 2.56. The van der Waals surface area contributed by atoms with Gasteiger partial charge in [-0.05, 0) is 37.1 Å². The van der Waals surface area contributed by atoms with Crippen LogP contribution in [0.5, 0.6) is 0 Å². The lowest BCUT2D eigenvalue weighted by Gasteiger charge is -2.14. The zero-order valence-electron chi connectivity index (χ0n) is 14.9. The zero-order chi connectivity index (χ0) is 18.4. The van der Waals surface area contributed by atoms with Crippen molar-refractivity contribution in [2.75, 3.05) is 5.32 Å². The van der Waals surface area contributed by atoms with Crippen molar-refractivity contribution in [3.8, 4) is 0 Å². The number of hydrogen-bond acceptors (Lipinski definition) is 4. The van der Waals surface area contributed by atoms with Crippen LogP contribution in [0.3, 0.4) is 0 Å². The Bertz CT molecular complexity index is 845. The average Bonchev–Trinajstić information content (AvgIpc) is 2.68. The number of hydrogen-bond donors (Lipinski definition) is 2. The summed E-state index contributed by atoms with van der Waals surface area (Å²) in [6.45, 7) is 4.55. The second-order valence-electron chi connectivity index (χ2n) is 6.25. The first-order valence-corrected chi connectivity index (χ1v) is 8.61. The second-order valence-corrected chi connectivity index (χ2v) is 6.25. The average molecular weight is 346 g/mol. The van der Waals surface area contributed by atoms with Crippen LogP contribution in [-0.4, -0.2) is 16.1 Å². The number of nitrogens with zero attached hydrogens (tertiary/aromatic N) is 2. The number of aromatic nitrogens is 2. The van der Waals surface area contributed by atoms with Gasteiger partial charge in [0.05, 0.1) is 0 Å². The van der Waals surface area contributed by atoms with E-state index in [-0.39, 0.29) is 11.9 Å². The largest absolute Gasteiger partial charge is 0.362 e. The second kappa shape index (κ2) is 8.25. The minimum Gasteiger partial charge on any atom is -0.362 e. The highest BCUT2D eigenvalue weighted by atomic mass is 16.1. The van der Waals surface area contributed by atoms with Crippen LogP contribution in [0.15, 0.2) is 66.7 Å². The highest BCUT2D eigenvalue weighted by Gasteiger charge is 2.10. The molecule has 3 rings (SSSR count). The van der Waals surface area contributed by atoms with Crippen LogP contribution in [-0.2, 0) is 6.54 Å². The Morgan fingerprint density at radius 3 is 2.35 bits per heavy atom. The van der Waals surface area contributed by atoms with Gasteiger partial charge in [0.25, 0.3) is 5.91 Å². The van der Waals surface area contributed by atoms with Crippen LogP contribution in [0.2, 0.25) is 0 Å². The molecule has 0 saturated heterocycles. The fraction of sp³-hybridized carbons (Fsp3) is 0.190. The number of amides is 1. The topological polar surface area (TPSA) is 66.9 Å². The number of carbonyl (C=O) groups excluding carboxylic acids is 1. The predicted molar refractivity (Wildman–Crippen MR) is 103 cm³/mol. The van der Waals surface area contributed by atoms with Gasteiger partial charge in [0.1, 0.15) is 5.82 Å². The van der Waals surface area contributed by atoms with Crippen LogP contribution >= 0.6 is 0 Å². The van der Waals surface area contributed by atoms with Crippen LogP contribution in [0.25, 0.3) is 0 Å². The molecule has 0 aliphatic carbocycles. The first-order chi connectivity index (χ1) is 12.6. The minimum atomic E-state index is -0.235. The van der Waals surface area contributed by atoms with E-state index in [1.165, 1.54) is 5.56 Å². The number of nitrogens with one attached hydrogen (secondary N) is 2. The quantitative estimate of drug-likeness (QED) is 0.711. The Morgan fingerprint density at radius 2 is 1.69 bits per heavy atom. The molecule has 0 spiro atoms. The van der Waals surface area contributed by atoms with Gasteiger partial charge in [-0.3, -0.25) is 4.79 Å². The molecule has 2 aromatic carbocycles. The molecule has 1 atom stereocenters. The van der Waals surface area contributed by atoms with Gasteiger partial charge in [-0.2, -0.15) is 0 Å². The highest BCUT2D eigenvalue weighted by molar-refractivity contribution is 5.92. The van der Waals surface area contributed by atoms with Crippen LogP contribution < -0.4 is 10.6 Å². The number of carbonyl (C=O) groups is 1. The van der Waals surface area contributed by atoms with Crippen molar-refractivity contribution in [3.05, 3.63) is 89.1 Å². The van der Waals surface area contributed by atoms with E-state index < -0.39 is 0 Å². The summed E-state index contributed by atoms with van der Waals surface area (Å²) in [6.07, 6.45) is 0. The van der Waals surface area contributed by atoms with E-state index in [4.69, 9.17) is 0 Å². The lowest BCUT2D eigenvalue weighted by atomic mass is 10.1. The molecular formula is C21H22N4O. The van der Waals surface area contributed by atoms with Crippen LogP contribution in [0, 0.1) is 6.92 Å². The molecule has 0 aliphatic rings. The first kappa shape index (κ1) is 17.6. The highest BCUT2D eigenvalue weighted by Crippen LogP contribution is 2.16. The Morgan fingerprint density at radius 1 is 0.962 bits per heavy atom. The van der Waals surface area contributed by atoms with E-state index in [2.05, 4.69) is 39.9 Å². The molecule has 0 bridgehead atoms. The third-order valence-corrected chi connectivity index (χ3v) is 4.13. The lowest BCUT2D eigenvalue weighted by molar-refractivity contribution is 0.0945. The van der Waals surface area contributed by atoms with Gasteiger partial charge in [-0.25, -0.2) is 0 Å². The SMILES string of the molecule is Cc1ccc(CNC(=O)c2ccc(NC(C)c3ccccc3)nn2)cc1. The van der Waals surface area contributed by atoms with Crippen molar-refractivity contribution < 1.29 is 4.79 Å². The summed E-state index contributed by atoms with van der Waals surface area (Å²) in [5, 5.41) is 14.3. The molecule has 5 nitrogen and oxygen atoms in total. The molecule has 1 unspecified atom stereocenters. The molecule has 5 heteroatoms. The number of benzene rings is 2. The van der Waals surface area contributed by atoms with Gasteiger partial charge in [-0.15, -0.1) is 10.2 Å². The van der Waals surface area contributed by atoms with Crippen LogP contribution in [0.4, 0.5) is 5.82 Å². The van der Waals surface area contributed by atoms with Crippen molar-refractivity contribution in [2.24, 2.45) is 0 Å². The molecule has 3 aromatic rings. The zero-order valence-corrected chi connectivity index (χ0v) is 14.9. The summed E-state index contributed by atoms with van der Waals surface area (Å²) in [4.78, 5) is 12.2. The van der Waals surface area contributed by atoms with Crippen LogP contribution in [0.1, 0.15) is 40.1 Å². The molecular weight excluding hydrogens is 324 g/mol. The van der Waals surface area contributed by atoms with Gasteiger partial charge < -0.3 is 10.6 Å². The third-order valence-electron chi connectivity index (χ3n) is 4.13. The normalized spacial score (nSPS) is 11.6. The minimum absolute atomic E-state index is 0.103. The Labute approximate surface area is 153 Å². The summed E-state index contributed by atoms with van der Waals surface area (Å²) in [5.41, 5.74) is 3.70. The van der Waals surface area contributed by atoms with Gasteiger partial charge in [0.2, 0.25) is 0 Å². The summed E-state index contributed by atoms with van der Waals surface area (Å²) in [6, 6.07) is 21.7. The van der Waals surface area contributed by atoms with Gasteiger partial charge in [0.15, 0.2) is 5.69 Å². The molecule has 2 N–H and O–H groups in total. The Hall–Kier alpha value is -3.21. The summed E-state index contributed by atoms with van der Waals surface area (Å²) in [5.74, 6) is 0.400. The van der Waals surface area contributed by atoms with Crippen molar-refractivity contribution in [3.63, 3.8) is 0 Å². The Balaban J connectivity index is 1.56. The summed E-state index contributed by atoms with van der Waals surface area (Å²) < 4.78 is 0. The van der Waals surface area contributed by atoms with Crippen molar-refractivity contribution in [1.82, 2.24) is 15.5 Å². The van der Waals surface area contributed by atoms with Crippen molar-refractivity contribution in [2.45, 2.75) is 26.4 Å². The molecule has 1 amide bonds. The Kier molecular flexibility index (Phi) is 5.59. The predicted octanol–water partition coefficient (Wildman–Crippen LogP) is 3.89. The number of rotatable bonds is 6. The van der Waals surface area contributed by atoms with Crippen molar-refractivity contribution >= 4 is 11.7 Å². The monoisotopic (exact) mass is 346 g/mol. The molecule has 0 saturated carbocycles. The number of anilines is 1. The van der Waals surface area contributed by atoms with Gasteiger partial charge >= 0.3 is 0 Å². The molecule has 132 valence electrons. The molecule has 0 radical (unpaired) electrons. The number of aryl methyl sites for hydroxylation is 1. The molecule has 0 aliphatic heterocycles. The van der Waals surface area contributed by atoms with E-state index >= 15 is 0 Å². The van der Waals surface area contributed by atoms with E-state index in [1.54, 1.807) is 12.1 Å². The smallest absolute Gasteiger partial charge is 0.272 e. The maximum atomic E-state index is 12.2. The summed E-state index contributed by atoms with van der Waals surface area (Å²) in [7, 11) is 0. The van der Waals surface area contributed by atoms with Crippen molar-refractivity contribution in [1.29, 1.82) is 0 Å². The maximum Gasteiger partial charge on any atom is 0.272 e. The summed E-state index contributed by atoms with van der Waals surface area (Å²) >= 11 is 0. The molecule has 1 heterocycles. The van der Waals surface area contributed by atoms with Gasteiger partial charge in [0, 0.05) is 12.6 Å². The lowest BCUT2D eigenvalue weighted by Crippen LogP contribution is -2.24. The molecule has 1 aromatic heterocycles. The molecule has 0 fully saturated rings. The van der Waals surface area contributed by atoms with E-state index in [9.17, 15) is 4.79 Å². The van der Waals surface area contributed by atoms with Gasteiger partial charge in [-0.1, -0.05) is 60.2 Å². The first-order valence-electron chi connectivity index (χ1n) is 8.61. The standard InChI is InChI=1S/C21H22N4O/c1-15-8-10-17(11-9-15)14-22-21(26)19-12-13-20(25-24-19)23-16(2)18-6-4-3-5-7-18/h3-13,16H,14H2,1-2H3,(H,22,26)(H,23,25).